The van der Waals surface area contributed by atoms with Crippen LogP contribution in [0, 0.1) is 60.2 Å². The van der Waals surface area contributed by atoms with Crippen molar-refractivity contribution in [2.24, 2.45) is 46.3 Å². The minimum atomic E-state index is -5.01. The van der Waals surface area contributed by atoms with E-state index < -0.39 is 58.5 Å². The normalized spacial score (nSPS) is 42.6. The first-order valence-corrected chi connectivity index (χ1v) is 21.9. The highest BCUT2D eigenvalue weighted by molar-refractivity contribution is 8.10. The maximum Gasteiger partial charge on any atom is 0.219 e. The van der Waals surface area contributed by atoms with Crippen molar-refractivity contribution in [2.75, 3.05) is 6.61 Å². The maximum absolute atomic E-state index is 15.6. The molecule has 9 nitrogen and oxygen atoms in total. The third-order valence-corrected chi connectivity index (χ3v) is 21.0. The Bertz CT molecular complexity index is 1960. The number of ketones is 1. The van der Waals surface area contributed by atoms with Gasteiger partial charge in [0.1, 0.15) is 6.10 Å². The summed E-state index contributed by atoms with van der Waals surface area (Å²) in [6, 6.07) is 11.9. The van der Waals surface area contributed by atoms with Crippen molar-refractivity contribution in [1.82, 2.24) is 0 Å². The van der Waals surface area contributed by atoms with Gasteiger partial charge in [0, 0.05) is 29.1 Å². The molecule has 5 fully saturated rings. The summed E-state index contributed by atoms with van der Waals surface area (Å²) in [6.07, 6.45) is 0.784. The van der Waals surface area contributed by atoms with E-state index in [-0.39, 0.29) is 51.8 Å². The topological polar surface area (TPSA) is 144 Å². The van der Waals surface area contributed by atoms with Gasteiger partial charge in [-0.15, -0.1) is 0 Å². The Hall–Kier alpha value is -2.41. The lowest BCUT2D eigenvalue weighted by atomic mass is 9.47. The number of aryl methyl sites for hydroxylation is 2. The number of aliphatic hydroxyl groups excluding tert-OH is 2. The Kier molecular flexibility index (Phi) is 8.29. The van der Waals surface area contributed by atoms with E-state index in [1.807, 2.05) is 6.92 Å². The fourth-order valence-corrected chi connectivity index (χ4v) is 18.2. The van der Waals surface area contributed by atoms with Gasteiger partial charge < -0.3 is 19.7 Å². The number of ether oxygens (including phenoxy) is 2. The SMILES string of the molecule is Cc1ccc(S(=O)(=O)C2(S(=O)(=O)c3ccc(C)cc3)C(O)C(O)CC3CC[C@@H]4C(=CC(=O)[C@]5(C)[C@@H]6[C@H](C[C@@H]45)O[C@]4(CCC(C)CO4)[C@H]6C)[C@]32C)cc1. The summed E-state index contributed by atoms with van der Waals surface area (Å²) in [6.45, 7) is 12.2. The molecule has 2 heterocycles. The molecule has 2 aliphatic heterocycles. The second kappa shape index (κ2) is 11.8. The van der Waals surface area contributed by atoms with Crippen LogP contribution in [0.4, 0.5) is 0 Å². The van der Waals surface area contributed by atoms with Gasteiger partial charge in [-0.1, -0.05) is 68.7 Å². The van der Waals surface area contributed by atoms with Crippen LogP contribution in [0.5, 0.6) is 0 Å². The zero-order valence-corrected chi connectivity index (χ0v) is 32.5. The first-order chi connectivity index (χ1) is 24.4. The van der Waals surface area contributed by atoms with E-state index in [9.17, 15) is 15.0 Å². The molecular weight excluding hydrogens is 701 g/mol. The van der Waals surface area contributed by atoms with Gasteiger partial charge in [0.2, 0.25) is 23.8 Å². The van der Waals surface area contributed by atoms with E-state index >= 15 is 16.8 Å². The number of carbonyl (C=O) groups is 1. The fraction of sp³-hybridized carbons (Fsp3) is 0.634. The molecule has 2 N–H and O–H groups in total. The molecule has 2 aromatic rings. The summed E-state index contributed by atoms with van der Waals surface area (Å²) >= 11 is 0. The molecule has 282 valence electrons. The molecule has 0 aromatic heterocycles. The summed E-state index contributed by atoms with van der Waals surface area (Å²) in [7, 11) is -10.0. The van der Waals surface area contributed by atoms with E-state index in [1.165, 1.54) is 24.3 Å². The molecular formula is C41H52O9S2. The Labute approximate surface area is 308 Å². The highest BCUT2D eigenvalue weighted by Crippen LogP contribution is 2.72. The van der Waals surface area contributed by atoms with Crippen molar-refractivity contribution in [3.63, 3.8) is 0 Å². The number of hydrogen-bond donors (Lipinski definition) is 2. The molecule has 0 radical (unpaired) electrons. The number of benzene rings is 2. The first-order valence-electron chi connectivity index (χ1n) is 18.9. The number of hydrogen-bond acceptors (Lipinski definition) is 9. The molecule has 3 saturated carbocycles. The van der Waals surface area contributed by atoms with Crippen LogP contribution in [0.25, 0.3) is 0 Å². The van der Waals surface area contributed by atoms with Crippen molar-refractivity contribution in [2.45, 2.75) is 118 Å². The van der Waals surface area contributed by atoms with Crippen LogP contribution in [-0.2, 0) is 33.9 Å². The zero-order valence-electron chi connectivity index (χ0n) is 30.9. The van der Waals surface area contributed by atoms with E-state index in [0.717, 1.165) is 24.0 Å². The Morgan fingerprint density at radius 3 is 1.92 bits per heavy atom. The molecule has 1 spiro atoms. The molecule has 0 amide bonds. The van der Waals surface area contributed by atoms with E-state index in [0.29, 0.717) is 37.4 Å². The van der Waals surface area contributed by atoms with E-state index in [2.05, 4.69) is 13.8 Å². The van der Waals surface area contributed by atoms with Crippen molar-refractivity contribution in [3.05, 3.63) is 71.3 Å². The summed E-state index contributed by atoms with van der Waals surface area (Å²) in [5.41, 5.74) is -0.610. The zero-order chi connectivity index (χ0) is 37.4. The van der Waals surface area contributed by atoms with Gasteiger partial charge in [-0.2, -0.15) is 0 Å². The van der Waals surface area contributed by atoms with Crippen molar-refractivity contribution < 1.29 is 41.3 Å². The molecule has 0 bridgehead atoms. The lowest BCUT2D eigenvalue weighted by Crippen LogP contribution is -2.74. The maximum atomic E-state index is 15.6. The number of sulfone groups is 2. The summed E-state index contributed by atoms with van der Waals surface area (Å²) in [4.78, 5) is 14.4. The van der Waals surface area contributed by atoms with Crippen molar-refractivity contribution >= 4 is 25.5 Å². The molecule has 52 heavy (non-hydrogen) atoms. The second-order valence-electron chi connectivity index (χ2n) is 17.5. The molecule has 4 unspecified atom stereocenters. The van der Waals surface area contributed by atoms with Gasteiger partial charge in [0.05, 0.1) is 28.6 Å². The highest BCUT2D eigenvalue weighted by atomic mass is 32.3. The molecule has 6 aliphatic rings. The largest absolute Gasteiger partial charge is 0.390 e. The van der Waals surface area contributed by atoms with Crippen LogP contribution >= 0.6 is 0 Å². The third kappa shape index (κ3) is 4.44. The van der Waals surface area contributed by atoms with Crippen molar-refractivity contribution in [1.29, 1.82) is 0 Å². The number of rotatable bonds is 4. The first kappa shape index (κ1) is 36.6. The third-order valence-electron chi connectivity index (χ3n) is 14.9. The predicted octanol–water partition coefficient (Wildman–Crippen LogP) is 5.73. The lowest BCUT2D eigenvalue weighted by Gasteiger charge is -2.63. The van der Waals surface area contributed by atoms with Gasteiger partial charge in [-0.3, -0.25) is 4.79 Å². The number of fused-ring (bicyclic) bond motifs is 7. The molecule has 4 aliphatic carbocycles. The average Bonchev–Trinajstić information content (AvgIpc) is 3.54. The van der Waals surface area contributed by atoms with Gasteiger partial charge in [0.25, 0.3) is 0 Å². The van der Waals surface area contributed by atoms with E-state index in [1.54, 1.807) is 51.1 Å². The second-order valence-corrected chi connectivity index (χ2v) is 22.0. The molecule has 2 saturated heterocycles. The van der Waals surface area contributed by atoms with Crippen LogP contribution in [0.2, 0.25) is 0 Å². The number of carbonyl (C=O) groups excluding carboxylic acids is 1. The molecule has 11 heteroatoms. The standard InChI is InChI=1S/C41H52O9S2/c1-23-7-12-28(13-8-23)51(45,46)41(52(47,48)29-14-9-24(2)10-15-29)37(44)33(42)19-27-11-16-30-31-20-34-36(26(4)40(50-34)18-17-25(3)22-49-40)38(31,5)35(43)21-32(30)39(27,41)6/h7-10,12-15,21,25-27,30-31,33-34,36-37,42,44H,11,16-20,22H2,1-6H3/t25?,26-,27?,30-,31-,33?,34-,36-,37?,38+,39-,40+/m0/s1. The fourth-order valence-electron chi connectivity index (χ4n) is 12.2. The van der Waals surface area contributed by atoms with Gasteiger partial charge in [0.15, 0.2) is 11.6 Å². The van der Waals surface area contributed by atoms with Gasteiger partial charge in [-0.25, -0.2) is 16.8 Å². The number of allylic oxidation sites excluding steroid dienone is 2. The summed E-state index contributed by atoms with van der Waals surface area (Å²) in [5, 5.41) is 24.0. The van der Waals surface area contributed by atoms with Crippen LogP contribution < -0.4 is 0 Å². The van der Waals surface area contributed by atoms with Crippen LogP contribution in [0.15, 0.2) is 70.0 Å². The average molecular weight is 753 g/mol. The minimum Gasteiger partial charge on any atom is -0.390 e. The minimum absolute atomic E-state index is 0.00386. The number of aliphatic hydroxyl groups is 2. The monoisotopic (exact) mass is 752 g/mol. The summed E-state index contributed by atoms with van der Waals surface area (Å²) < 4.78 is 72.6. The quantitative estimate of drug-likeness (QED) is 0.400. The Morgan fingerprint density at radius 1 is 0.808 bits per heavy atom. The van der Waals surface area contributed by atoms with E-state index in [4.69, 9.17) is 9.47 Å². The smallest absolute Gasteiger partial charge is 0.219 e. The Morgan fingerprint density at radius 2 is 1.38 bits per heavy atom. The molecule has 12 atom stereocenters. The summed E-state index contributed by atoms with van der Waals surface area (Å²) in [5.74, 6) is -1.89. The van der Waals surface area contributed by atoms with Crippen LogP contribution in [0.1, 0.15) is 77.3 Å². The van der Waals surface area contributed by atoms with Crippen LogP contribution in [0.3, 0.4) is 0 Å². The Balaban J connectivity index is 1.35. The highest BCUT2D eigenvalue weighted by Gasteiger charge is 2.79. The molecule has 8 rings (SSSR count). The molecule has 2 aromatic carbocycles. The van der Waals surface area contributed by atoms with Crippen molar-refractivity contribution in [3.8, 4) is 0 Å². The lowest BCUT2D eigenvalue weighted by molar-refractivity contribution is -0.271. The van der Waals surface area contributed by atoms with Gasteiger partial charge >= 0.3 is 0 Å². The van der Waals surface area contributed by atoms with Gasteiger partial charge in [-0.05, 0) is 100.0 Å². The predicted molar refractivity (Wildman–Crippen MR) is 194 cm³/mol. The van der Waals surface area contributed by atoms with Crippen LogP contribution in [-0.4, -0.2) is 67.6 Å².